The van der Waals surface area contributed by atoms with Crippen LogP contribution in [0.2, 0.25) is 0 Å². The molecule has 9 heavy (non-hydrogen) atoms. The van der Waals surface area contributed by atoms with Gasteiger partial charge in [-0.15, -0.1) is 0 Å². The molecular weight excluding hydrogens is 120 g/mol. The Bertz CT molecular complexity index is 95.0. The van der Waals surface area contributed by atoms with Gasteiger partial charge in [-0.05, 0) is 13.8 Å². The van der Waals surface area contributed by atoms with Crippen molar-refractivity contribution < 1.29 is 9.53 Å². The van der Waals surface area contributed by atoms with Gasteiger partial charge in [0.15, 0.2) is 0 Å². The zero-order valence-corrected chi connectivity index (χ0v) is 5.76. The summed E-state index contributed by atoms with van der Waals surface area (Å²) in [5.74, 6) is 5.16. The van der Waals surface area contributed by atoms with Crippen LogP contribution in [-0.4, -0.2) is 24.3 Å². The minimum Gasteiger partial charge on any atom is -0.449 e. The van der Waals surface area contributed by atoms with Gasteiger partial charge in [-0.25, -0.2) is 15.6 Å². The van der Waals surface area contributed by atoms with Crippen molar-refractivity contribution in [3.05, 3.63) is 0 Å². The smallest absolute Gasteiger partial charge is 0.424 e. The monoisotopic (exact) mass is 132 g/mol. The Kier molecular flexibility index (Phi) is 3.79. The zero-order valence-electron chi connectivity index (χ0n) is 5.76. The van der Waals surface area contributed by atoms with E-state index in [-0.39, 0.29) is 0 Å². The van der Waals surface area contributed by atoms with Crippen LogP contribution in [0.1, 0.15) is 13.8 Å². The summed E-state index contributed by atoms with van der Waals surface area (Å²) >= 11 is 0. The number of hydrogen-bond donors (Lipinski definition) is 1. The lowest BCUT2D eigenvalue weighted by molar-refractivity contribution is 0.109. The van der Waals surface area contributed by atoms with Crippen molar-refractivity contribution >= 4 is 6.09 Å². The molecule has 1 amide bonds. The molecule has 0 bridgehead atoms. The van der Waals surface area contributed by atoms with Crippen LogP contribution in [0.4, 0.5) is 4.79 Å². The lowest BCUT2D eigenvalue weighted by atomic mass is 10.7. The van der Waals surface area contributed by atoms with Crippen molar-refractivity contribution in [3.8, 4) is 0 Å². The molecule has 54 valence electrons. The van der Waals surface area contributed by atoms with Crippen molar-refractivity contribution in [2.75, 3.05) is 13.2 Å². The third-order valence-electron chi connectivity index (χ3n) is 0.843. The van der Waals surface area contributed by atoms with Crippen molar-refractivity contribution in [1.82, 2.24) is 5.01 Å². The van der Waals surface area contributed by atoms with Gasteiger partial charge >= 0.3 is 6.09 Å². The van der Waals surface area contributed by atoms with Gasteiger partial charge in [-0.2, -0.15) is 0 Å². The van der Waals surface area contributed by atoms with Crippen LogP contribution < -0.4 is 5.84 Å². The number of carbonyl (C=O) groups is 1. The molecule has 0 heterocycles. The quantitative estimate of drug-likeness (QED) is 0.335. The molecule has 0 saturated carbocycles. The summed E-state index contributed by atoms with van der Waals surface area (Å²) in [6, 6.07) is 0. The third-order valence-corrected chi connectivity index (χ3v) is 0.843. The molecular formula is C5H12N2O2. The molecule has 0 saturated heterocycles. The maximum absolute atomic E-state index is 10.6. The molecule has 0 aromatic heterocycles. The van der Waals surface area contributed by atoms with E-state index in [4.69, 9.17) is 5.84 Å². The molecule has 0 rings (SSSR count). The summed E-state index contributed by atoms with van der Waals surface area (Å²) in [4.78, 5) is 10.6. The predicted octanol–water partition coefficient (Wildman–Crippen LogP) is 0.338. The molecule has 0 aromatic rings. The lowest BCUT2D eigenvalue weighted by Gasteiger charge is -2.11. The van der Waals surface area contributed by atoms with Crippen LogP contribution in [0, 0.1) is 0 Å². The molecule has 0 aliphatic carbocycles. The Labute approximate surface area is 54.5 Å². The molecule has 0 fully saturated rings. The maximum atomic E-state index is 10.6. The average molecular weight is 132 g/mol. The summed E-state index contributed by atoms with van der Waals surface area (Å²) in [5.41, 5.74) is 0. The van der Waals surface area contributed by atoms with Gasteiger partial charge < -0.3 is 4.74 Å². The van der Waals surface area contributed by atoms with E-state index in [9.17, 15) is 4.79 Å². The Morgan fingerprint density at radius 2 is 2.22 bits per heavy atom. The fourth-order valence-electron chi connectivity index (χ4n) is 0.335. The molecule has 2 N–H and O–H groups in total. The standard InChI is InChI=1S/C5H12N2O2/c1-3-7(6)5(8)9-4-2/h3-4,6H2,1-2H3. The first-order valence-electron chi connectivity index (χ1n) is 2.91. The Morgan fingerprint density at radius 3 is 2.56 bits per heavy atom. The highest BCUT2D eigenvalue weighted by atomic mass is 16.6. The molecule has 0 aromatic carbocycles. The minimum absolute atomic E-state index is 0.368. The van der Waals surface area contributed by atoms with Gasteiger partial charge in [0.05, 0.1) is 6.61 Å². The average Bonchev–Trinajstić information content (AvgIpc) is 1.87. The van der Waals surface area contributed by atoms with Crippen molar-refractivity contribution in [2.24, 2.45) is 5.84 Å². The predicted molar refractivity (Wildman–Crippen MR) is 33.6 cm³/mol. The number of carbonyl (C=O) groups excluding carboxylic acids is 1. The summed E-state index contributed by atoms with van der Waals surface area (Å²) in [5, 5.41) is 1.02. The van der Waals surface area contributed by atoms with Crippen molar-refractivity contribution in [1.29, 1.82) is 0 Å². The highest BCUT2D eigenvalue weighted by Gasteiger charge is 2.04. The van der Waals surface area contributed by atoms with E-state index in [1.165, 1.54) is 0 Å². The molecule has 0 atom stereocenters. The minimum atomic E-state index is -0.472. The van der Waals surface area contributed by atoms with Gasteiger partial charge in [-0.1, -0.05) is 0 Å². The van der Waals surface area contributed by atoms with Crippen molar-refractivity contribution in [3.63, 3.8) is 0 Å². The van der Waals surface area contributed by atoms with E-state index in [1.54, 1.807) is 13.8 Å². The third kappa shape index (κ3) is 2.92. The molecule has 0 aliphatic heterocycles. The maximum Gasteiger partial charge on any atom is 0.424 e. The van der Waals surface area contributed by atoms with Gasteiger partial charge in [-0.3, -0.25) is 0 Å². The van der Waals surface area contributed by atoms with E-state index < -0.39 is 6.09 Å². The lowest BCUT2D eigenvalue weighted by Crippen LogP contribution is -2.37. The van der Waals surface area contributed by atoms with E-state index in [1.807, 2.05) is 0 Å². The number of hydrazine groups is 1. The first-order chi connectivity index (χ1) is 4.22. The Morgan fingerprint density at radius 1 is 1.67 bits per heavy atom. The molecule has 0 spiro atoms. The van der Waals surface area contributed by atoms with Crippen LogP contribution in [0.5, 0.6) is 0 Å². The van der Waals surface area contributed by atoms with Gasteiger partial charge in [0.2, 0.25) is 0 Å². The summed E-state index contributed by atoms with van der Waals surface area (Å²) in [6.07, 6.45) is -0.472. The molecule has 0 aliphatic rings. The van der Waals surface area contributed by atoms with Crippen LogP contribution in [0.25, 0.3) is 0 Å². The van der Waals surface area contributed by atoms with Crippen LogP contribution >= 0.6 is 0 Å². The number of nitrogens with zero attached hydrogens (tertiary/aromatic N) is 1. The summed E-state index contributed by atoms with van der Waals surface area (Å²) in [7, 11) is 0. The van der Waals surface area contributed by atoms with Crippen molar-refractivity contribution in [2.45, 2.75) is 13.8 Å². The Balaban J connectivity index is 3.46. The number of nitrogens with two attached hydrogens (primary N) is 1. The first kappa shape index (κ1) is 8.23. The normalized spacial score (nSPS) is 8.78. The second kappa shape index (κ2) is 4.14. The number of amides is 1. The fraction of sp³-hybridized carbons (Fsp3) is 0.800. The molecule has 4 heteroatoms. The summed E-state index contributed by atoms with van der Waals surface area (Å²) in [6.45, 7) is 4.35. The molecule has 0 radical (unpaired) electrons. The van der Waals surface area contributed by atoms with Gasteiger partial charge in [0.1, 0.15) is 0 Å². The SMILES string of the molecule is CCOC(=O)N(N)CC. The van der Waals surface area contributed by atoms with Crippen LogP contribution in [0.3, 0.4) is 0 Å². The van der Waals surface area contributed by atoms with E-state index >= 15 is 0 Å². The summed E-state index contributed by atoms with van der Waals surface area (Å²) < 4.78 is 4.56. The molecule has 0 unspecified atom stereocenters. The number of hydrogen-bond acceptors (Lipinski definition) is 3. The van der Waals surface area contributed by atoms with E-state index in [2.05, 4.69) is 4.74 Å². The second-order valence-electron chi connectivity index (χ2n) is 1.48. The fourth-order valence-corrected chi connectivity index (χ4v) is 0.335. The number of ether oxygens (including phenoxy) is 1. The van der Waals surface area contributed by atoms with Gasteiger partial charge in [0, 0.05) is 6.54 Å². The Hall–Kier alpha value is -0.770. The van der Waals surface area contributed by atoms with E-state index in [0.29, 0.717) is 13.2 Å². The molecule has 4 nitrogen and oxygen atoms in total. The first-order valence-corrected chi connectivity index (χ1v) is 2.91. The highest BCUT2D eigenvalue weighted by Crippen LogP contribution is 1.83. The zero-order chi connectivity index (χ0) is 7.28. The number of rotatable bonds is 2. The van der Waals surface area contributed by atoms with E-state index in [0.717, 1.165) is 5.01 Å². The second-order valence-corrected chi connectivity index (χ2v) is 1.48. The topological polar surface area (TPSA) is 55.6 Å². The highest BCUT2D eigenvalue weighted by molar-refractivity contribution is 5.66. The van der Waals surface area contributed by atoms with Gasteiger partial charge in [0.25, 0.3) is 0 Å². The van der Waals surface area contributed by atoms with Crippen LogP contribution in [0.15, 0.2) is 0 Å². The largest absolute Gasteiger partial charge is 0.449 e. The van der Waals surface area contributed by atoms with Crippen LogP contribution in [-0.2, 0) is 4.74 Å².